The van der Waals surface area contributed by atoms with Gasteiger partial charge < -0.3 is 10.3 Å². The molecule has 0 atom stereocenters. The van der Waals surface area contributed by atoms with Crippen LogP contribution in [-0.4, -0.2) is 16.5 Å². The van der Waals surface area contributed by atoms with Gasteiger partial charge in [-0.2, -0.15) is 0 Å². The highest BCUT2D eigenvalue weighted by Gasteiger charge is 2.11. The third kappa shape index (κ3) is 2.24. The van der Waals surface area contributed by atoms with E-state index in [9.17, 15) is 0 Å². The third-order valence-electron chi connectivity index (χ3n) is 4.32. The van der Waals surface area contributed by atoms with Crippen LogP contribution in [0.2, 0.25) is 0 Å². The summed E-state index contributed by atoms with van der Waals surface area (Å²) in [5, 5.41) is 3.43. The van der Waals surface area contributed by atoms with Gasteiger partial charge in [0.1, 0.15) is 5.82 Å². The van der Waals surface area contributed by atoms with Gasteiger partial charge in [-0.15, -0.1) is 0 Å². The van der Waals surface area contributed by atoms with Crippen LogP contribution in [0, 0.1) is 0 Å². The van der Waals surface area contributed by atoms with Crippen molar-refractivity contribution in [3.63, 3.8) is 0 Å². The number of aryl methyl sites for hydroxylation is 1. The number of nitrogens with one attached hydrogen (secondary N) is 2. The Morgan fingerprint density at radius 2 is 2.05 bits per heavy atom. The van der Waals surface area contributed by atoms with Crippen LogP contribution in [0.5, 0.6) is 0 Å². The number of benzene rings is 2. The zero-order valence-corrected chi connectivity index (χ0v) is 12.2. The van der Waals surface area contributed by atoms with E-state index in [0.29, 0.717) is 0 Å². The highest BCUT2D eigenvalue weighted by atomic mass is 14.9. The fourth-order valence-corrected chi connectivity index (χ4v) is 3.04. The summed E-state index contributed by atoms with van der Waals surface area (Å²) in [5.41, 5.74) is 7.53. The average Bonchev–Trinajstić information content (AvgIpc) is 2.97. The maximum Gasteiger partial charge on any atom is 0.138 e. The second kappa shape index (κ2) is 5.01. The molecule has 0 bridgehead atoms. The first-order valence-corrected chi connectivity index (χ1v) is 7.65. The smallest absolute Gasteiger partial charge is 0.138 e. The number of imidazole rings is 1. The van der Waals surface area contributed by atoms with Gasteiger partial charge >= 0.3 is 0 Å². The highest BCUT2D eigenvalue weighted by molar-refractivity contribution is 5.80. The van der Waals surface area contributed by atoms with E-state index in [-0.39, 0.29) is 0 Å². The number of aromatic amines is 1. The van der Waals surface area contributed by atoms with Gasteiger partial charge in [0.25, 0.3) is 0 Å². The molecule has 1 aliphatic rings. The van der Waals surface area contributed by atoms with E-state index in [1.54, 1.807) is 0 Å². The second-order valence-electron chi connectivity index (χ2n) is 5.70. The minimum absolute atomic E-state index is 0.962. The van der Waals surface area contributed by atoms with Crippen molar-refractivity contribution in [3.05, 3.63) is 53.1 Å². The molecule has 2 aromatic carbocycles. The summed E-state index contributed by atoms with van der Waals surface area (Å²) in [6.07, 6.45) is 2.17. The lowest BCUT2D eigenvalue weighted by atomic mass is 9.98. The van der Waals surface area contributed by atoms with Gasteiger partial charge in [-0.25, -0.2) is 4.98 Å². The van der Waals surface area contributed by atoms with Crippen LogP contribution < -0.4 is 5.32 Å². The van der Waals surface area contributed by atoms with E-state index >= 15 is 0 Å². The predicted molar refractivity (Wildman–Crippen MR) is 86.3 cm³/mol. The van der Waals surface area contributed by atoms with Crippen LogP contribution >= 0.6 is 0 Å². The van der Waals surface area contributed by atoms with Gasteiger partial charge in [0.2, 0.25) is 0 Å². The Bertz CT molecular complexity index is 801. The molecule has 1 aliphatic heterocycles. The Hall–Kier alpha value is -2.13. The van der Waals surface area contributed by atoms with Crippen molar-refractivity contribution in [2.24, 2.45) is 0 Å². The molecule has 2 heterocycles. The molecule has 4 rings (SSSR count). The molecule has 3 aromatic rings. The van der Waals surface area contributed by atoms with Gasteiger partial charge in [-0.3, -0.25) is 0 Å². The average molecular weight is 277 g/mol. The van der Waals surface area contributed by atoms with E-state index in [2.05, 4.69) is 53.6 Å². The van der Waals surface area contributed by atoms with Crippen molar-refractivity contribution in [1.29, 1.82) is 0 Å². The van der Waals surface area contributed by atoms with Crippen LogP contribution in [0.4, 0.5) is 0 Å². The summed E-state index contributed by atoms with van der Waals surface area (Å²) in [6.45, 7) is 4.22. The fraction of sp³-hybridized carbons (Fsp3) is 0.278. The molecule has 3 heteroatoms. The van der Waals surface area contributed by atoms with Crippen molar-refractivity contribution in [1.82, 2.24) is 15.3 Å². The first-order valence-electron chi connectivity index (χ1n) is 7.65. The standard InChI is InChI=1S/C18H19N3/c1-2-12-3-6-16-17(9-12)21-18(20-16)14-5-4-13-7-8-19-11-15(13)10-14/h3-6,9-10,19H,2,7-8,11H2,1H3,(H,20,21). The molecule has 0 amide bonds. The molecular weight excluding hydrogens is 258 g/mol. The molecule has 0 fully saturated rings. The molecule has 1 aromatic heterocycles. The van der Waals surface area contributed by atoms with Crippen LogP contribution in [0.3, 0.4) is 0 Å². The molecule has 0 spiro atoms. The summed E-state index contributed by atoms with van der Waals surface area (Å²) in [5.74, 6) is 0.964. The number of hydrogen-bond donors (Lipinski definition) is 2. The number of nitrogens with zero attached hydrogens (tertiary/aromatic N) is 1. The van der Waals surface area contributed by atoms with Crippen molar-refractivity contribution < 1.29 is 0 Å². The fourth-order valence-electron chi connectivity index (χ4n) is 3.04. The minimum Gasteiger partial charge on any atom is -0.338 e. The van der Waals surface area contributed by atoms with Crippen molar-refractivity contribution >= 4 is 11.0 Å². The lowest BCUT2D eigenvalue weighted by Gasteiger charge is -2.17. The summed E-state index contributed by atoms with van der Waals surface area (Å²) in [6, 6.07) is 13.2. The first kappa shape index (κ1) is 12.6. The largest absolute Gasteiger partial charge is 0.338 e. The second-order valence-corrected chi connectivity index (χ2v) is 5.70. The monoisotopic (exact) mass is 277 g/mol. The van der Waals surface area contributed by atoms with Crippen molar-refractivity contribution in [2.45, 2.75) is 26.3 Å². The summed E-state index contributed by atoms with van der Waals surface area (Å²) < 4.78 is 0. The van der Waals surface area contributed by atoms with E-state index in [4.69, 9.17) is 4.98 Å². The molecule has 2 N–H and O–H groups in total. The lowest BCUT2D eigenvalue weighted by Crippen LogP contribution is -2.23. The van der Waals surface area contributed by atoms with Crippen LogP contribution in [-0.2, 0) is 19.4 Å². The van der Waals surface area contributed by atoms with E-state index in [0.717, 1.165) is 42.8 Å². The normalized spacial score (nSPS) is 14.3. The van der Waals surface area contributed by atoms with E-state index in [1.807, 2.05) is 0 Å². The Balaban J connectivity index is 1.78. The Morgan fingerprint density at radius 3 is 2.95 bits per heavy atom. The maximum atomic E-state index is 4.73. The molecule has 0 saturated carbocycles. The van der Waals surface area contributed by atoms with Gasteiger partial charge in [0.05, 0.1) is 11.0 Å². The zero-order valence-electron chi connectivity index (χ0n) is 12.2. The van der Waals surface area contributed by atoms with Crippen molar-refractivity contribution in [2.75, 3.05) is 6.54 Å². The quantitative estimate of drug-likeness (QED) is 0.753. The van der Waals surface area contributed by atoms with Crippen LogP contribution in [0.1, 0.15) is 23.6 Å². The number of fused-ring (bicyclic) bond motifs is 2. The molecule has 0 radical (unpaired) electrons. The molecule has 0 aliphatic carbocycles. The Labute approximate surface area is 124 Å². The summed E-state index contributed by atoms with van der Waals surface area (Å²) in [4.78, 5) is 8.19. The van der Waals surface area contributed by atoms with Gasteiger partial charge in [-0.05, 0) is 54.3 Å². The first-order chi connectivity index (χ1) is 10.3. The van der Waals surface area contributed by atoms with Crippen LogP contribution in [0.15, 0.2) is 36.4 Å². The SMILES string of the molecule is CCc1ccc2nc(-c3ccc4c(c3)CNCC4)[nH]c2c1. The molecule has 0 saturated heterocycles. The van der Waals surface area contributed by atoms with E-state index in [1.165, 1.54) is 22.3 Å². The molecule has 21 heavy (non-hydrogen) atoms. The minimum atomic E-state index is 0.962. The maximum absolute atomic E-state index is 4.73. The molecule has 3 nitrogen and oxygen atoms in total. The molecule has 0 unspecified atom stereocenters. The predicted octanol–water partition coefficient (Wildman–Crippen LogP) is 3.44. The number of aromatic nitrogens is 2. The Kier molecular flexibility index (Phi) is 3.00. The van der Waals surface area contributed by atoms with Gasteiger partial charge in [0.15, 0.2) is 0 Å². The third-order valence-corrected chi connectivity index (χ3v) is 4.32. The number of rotatable bonds is 2. The number of hydrogen-bond acceptors (Lipinski definition) is 2. The molecular formula is C18H19N3. The molecule has 106 valence electrons. The highest BCUT2D eigenvalue weighted by Crippen LogP contribution is 2.25. The summed E-state index contributed by atoms with van der Waals surface area (Å²) in [7, 11) is 0. The van der Waals surface area contributed by atoms with Crippen LogP contribution in [0.25, 0.3) is 22.4 Å². The topological polar surface area (TPSA) is 40.7 Å². The van der Waals surface area contributed by atoms with Crippen molar-refractivity contribution in [3.8, 4) is 11.4 Å². The van der Waals surface area contributed by atoms with E-state index < -0.39 is 0 Å². The van der Waals surface area contributed by atoms with Gasteiger partial charge in [-0.1, -0.05) is 25.1 Å². The zero-order chi connectivity index (χ0) is 14.2. The van der Waals surface area contributed by atoms with Gasteiger partial charge in [0, 0.05) is 12.1 Å². The Morgan fingerprint density at radius 1 is 1.10 bits per heavy atom. The lowest BCUT2D eigenvalue weighted by molar-refractivity contribution is 0.644. The summed E-state index contributed by atoms with van der Waals surface area (Å²) >= 11 is 0. The number of H-pyrrole nitrogens is 1.